The molecule has 0 aliphatic rings. The molecule has 1 N–H and O–H groups in total. The molecule has 0 bridgehead atoms. The Balaban J connectivity index is 3.60. The number of allylic oxidation sites excluding steroid dienone is 1. The van der Waals surface area contributed by atoms with E-state index in [1.54, 1.807) is 0 Å². The molecule has 0 rings (SSSR count). The first-order chi connectivity index (χ1) is 5.06. The molecule has 2 heteroatoms. The molecule has 0 spiro atoms. The summed E-state index contributed by atoms with van der Waals surface area (Å²) in [5, 5.41) is 2.67. The number of amides is 1. The molecule has 1 amide bonds. The minimum Gasteiger partial charge on any atom is -0.331 e. The highest BCUT2D eigenvalue weighted by Gasteiger charge is 2.02. The lowest BCUT2D eigenvalue weighted by Crippen LogP contribution is -2.19. The number of rotatable bonds is 4. The van der Waals surface area contributed by atoms with Crippen LogP contribution >= 0.6 is 0 Å². The van der Waals surface area contributed by atoms with E-state index in [0.717, 1.165) is 18.5 Å². The maximum absolute atomic E-state index is 10.6. The zero-order valence-electron chi connectivity index (χ0n) is 7.61. The Morgan fingerprint density at radius 2 is 2.18 bits per heavy atom. The first-order valence-corrected chi connectivity index (χ1v) is 4.01. The molecule has 0 heterocycles. The molecule has 0 saturated heterocycles. The Hall–Kier alpha value is -0.790. The summed E-state index contributed by atoms with van der Waals surface area (Å²) in [5.74, 6) is 0.577. The van der Waals surface area contributed by atoms with Crippen molar-refractivity contribution in [3.8, 4) is 0 Å². The molecule has 0 aliphatic carbocycles. The van der Waals surface area contributed by atoms with E-state index in [9.17, 15) is 4.79 Å². The average molecular weight is 155 g/mol. The lowest BCUT2D eigenvalue weighted by molar-refractivity contribution is -0.118. The molecule has 0 aromatic carbocycles. The highest BCUT2D eigenvalue weighted by atomic mass is 16.1. The van der Waals surface area contributed by atoms with E-state index in [0.29, 0.717) is 5.92 Å². The van der Waals surface area contributed by atoms with E-state index in [1.807, 2.05) is 0 Å². The van der Waals surface area contributed by atoms with Crippen molar-refractivity contribution < 1.29 is 4.79 Å². The van der Waals surface area contributed by atoms with Gasteiger partial charge in [0.2, 0.25) is 5.91 Å². The van der Waals surface area contributed by atoms with Gasteiger partial charge >= 0.3 is 0 Å². The van der Waals surface area contributed by atoms with E-state index in [1.165, 1.54) is 6.92 Å². The fraction of sp³-hybridized carbons (Fsp3) is 0.667. The van der Waals surface area contributed by atoms with Crippen LogP contribution in [0.25, 0.3) is 0 Å². The van der Waals surface area contributed by atoms with E-state index < -0.39 is 0 Å². The zero-order valence-corrected chi connectivity index (χ0v) is 7.61. The monoisotopic (exact) mass is 155 g/mol. The van der Waals surface area contributed by atoms with E-state index in [4.69, 9.17) is 0 Å². The smallest absolute Gasteiger partial charge is 0.220 e. The van der Waals surface area contributed by atoms with Gasteiger partial charge in [0.1, 0.15) is 0 Å². The lowest BCUT2D eigenvalue weighted by atomic mass is 10.0. The summed E-state index contributed by atoms with van der Waals surface area (Å²) >= 11 is 0. The summed E-state index contributed by atoms with van der Waals surface area (Å²) in [5.41, 5.74) is 0.826. The molecule has 1 atom stereocenters. The molecule has 0 aliphatic heterocycles. The fourth-order valence-corrected chi connectivity index (χ4v) is 0.865. The third kappa shape index (κ3) is 5.64. The Morgan fingerprint density at radius 1 is 1.64 bits per heavy atom. The molecule has 11 heavy (non-hydrogen) atoms. The van der Waals surface area contributed by atoms with Crippen molar-refractivity contribution in [2.75, 3.05) is 0 Å². The van der Waals surface area contributed by atoms with Gasteiger partial charge in [-0.3, -0.25) is 4.79 Å². The van der Waals surface area contributed by atoms with Crippen LogP contribution in [0.2, 0.25) is 0 Å². The number of carbonyl (C=O) groups is 1. The minimum atomic E-state index is -0.0293. The second kappa shape index (κ2) is 4.94. The number of hydrogen-bond acceptors (Lipinski definition) is 1. The highest BCUT2D eigenvalue weighted by molar-refractivity contribution is 5.74. The molecule has 0 aromatic heterocycles. The van der Waals surface area contributed by atoms with Gasteiger partial charge in [-0.2, -0.15) is 0 Å². The van der Waals surface area contributed by atoms with Crippen molar-refractivity contribution in [2.45, 2.75) is 33.6 Å². The number of carbonyl (C=O) groups excluding carboxylic acids is 1. The van der Waals surface area contributed by atoms with Crippen LogP contribution in [0.1, 0.15) is 33.6 Å². The maximum Gasteiger partial charge on any atom is 0.220 e. The zero-order chi connectivity index (χ0) is 8.85. The van der Waals surface area contributed by atoms with Gasteiger partial charge in [-0.1, -0.05) is 26.8 Å². The normalized spacial score (nSPS) is 12.3. The first kappa shape index (κ1) is 10.2. The van der Waals surface area contributed by atoms with Crippen LogP contribution in [0.5, 0.6) is 0 Å². The van der Waals surface area contributed by atoms with Crippen LogP contribution in [0.4, 0.5) is 0 Å². The molecule has 0 fully saturated rings. The molecular weight excluding hydrogens is 138 g/mol. The van der Waals surface area contributed by atoms with Gasteiger partial charge in [0, 0.05) is 12.6 Å². The van der Waals surface area contributed by atoms with E-state index in [-0.39, 0.29) is 5.91 Å². The van der Waals surface area contributed by atoms with Crippen LogP contribution in [-0.4, -0.2) is 5.91 Å². The van der Waals surface area contributed by atoms with Crippen molar-refractivity contribution in [1.82, 2.24) is 5.32 Å². The van der Waals surface area contributed by atoms with Crippen LogP contribution in [0.3, 0.4) is 0 Å². The van der Waals surface area contributed by atoms with E-state index in [2.05, 4.69) is 25.7 Å². The standard InChI is InChI=1S/C9H17NO/c1-5-7(2)6-8(3)10-9(4)11/h7H,3,5-6H2,1-2,4H3,(H,10,11). The van der Waals surface area contributed by atoms with Gasteiger partial charge in [-0.25, -0.2) is 0 Å². The van der Waals surface area contributed by atoms with Crippen molar-refractivity contribution in [1.29, 1.82) is 0 Å². The molecule has 2 nitrogen and oxygen atoms in total. The van der Waals surface area contributed by atoms with Gasteiger partial charge in [-0.05, 0) is 12.3 Å². The summed E-state index contributed by atoms with van der Waals surface area (Å²) in [4.78, 5) is 10.6. The summed E-state index contributed by atoms with van der Waals surface area (Å²) in [6.45, 7) is 9.53. The van der Waals surface area contributed by atoms with Crippen molar-refractivity contribution in [3.05, 3.63) is 12.3 Å². The molecule has 64 valence electrons. The van der Waals surface area contributed by atoms with Crippen molar-refractivity contribution in [2.24, 2.45) is 5.92 Å². The third-order valence-corrected chi connectivity index (χ3v) is 1.64. The highest BCUT2D eigenvalue weighted by Crippen LogP contribution is 2.10. The summed E-state index contributed by atoms with van der Waals surface area (Å²) in [7, 11) is 0. The van der Waals surface area contributed by atoms with Gasteiger partial charge in [0.25, 0.3) is 0 Å². The molecule has 1 unspecified atom stereocenters. The van der Waals surface area contributed by atoms with Gasteiger partial charge in [-0.15, -0.1) is 0 Å². The Kier molecular flexibility index (Phi) is 4.59. The summed E-state index contributed by atoms with van der Waals surface area (Å²) in [6, 6.07) is 0. The summed E-state index contributed by atoms with van der Waals surface area (Å²) in [6.07, 6.45) is 2.01. The lowest BCUT2D eigenvalue weighted by Gasteiger charge is -2.10. The second-order valence-corrected chi connectivity index (χ2v) is 3.00. The number of hydrogen-bond donors (Lipinski definition) is 1. The van der Waals surface area contributed by atoms with Crippen LogP contribution in [0.15, 0.2) is 12.3 Å². The fourth-order valence-electron chi connectivity index (χ4n) is 0.865. The summed E-state index contributed by atoms with van der Waals surface area (Å²) < 4.78 is 0. The Bertz CT molecular complexity index is 152. The predicted octanol–water partition coefficient (Wildman–Crippen LogP) is 2.07. The van der Waals surface area contributed by atoms with Gasteiger partial charge in [0.15, 0.2) is 0 Å². The van der Waals surface area contributed by atoms with Crippen LogP contribution < -0.4 is 5.32 Å². The molecular formula is C9H17NO. The van der Waals surface area contributed by atoms with Crippen LogP contribution in [0, 0.1) is 5.92 Å². The first-order valence-electron chi connectivity index (χ1n) is 4.01. The quantitative estimate of drug-likeness (QED) is 0.661. The largest absolute Gasteiger partial charge is 0.331 e. The second-order valence-electron chi connectivity index (χ2n) is 3.00. The average Bonchev–Trinajstić information content (AvgIpc) is 1.85. The molecule has 0 saturated carbocycles. The van der Waals surface area contributed by atoms with Crippen LogP contribution in [-0.2, 0) is 4.79 Å². The third-order valence-electron chi connectivity index (χ3n) is 1.64. The van der Waals surface area contributed by atoms with Crippen molar-refractivity contribution in [3.63, 3.8) is 0 Å². The van der Waals surface area contributed by atoms with Gasteiger partial charge < -0.3 is 5.32 Å². The molecule has 0 aromatic rings. The molecule has 0 radical (unpaired) electrons. The van der Waals surface area contributed by atoms with Gasteiger partial charge in [0.05, 0.1) is 0 Å². The topological polar surface area (TPSA) is 29.1 Å². The number of nitrogens with one attached hydrogen (secondary N) is 1. The minimum absolute atomic E-state index is 0.0293. The SMILES string of the molecule is C=C(CC(C)CC)NC(C)=O. The van der Waals surface area contributed by atoms with E-state index >= 15 is 0 Å². The van der Waals surface area contributed by atoms with Crippen molar-refractivity contribution >= 4 is 5.91 Å². The maximum atomic E-state index is 10.6. The Morgan fingerprint density at radius 3 is 2.55 bits per heavy atom. The predicted molar refractivity (Wildman–Crippen MR) is 47.0 cm³/mol. The Labute approximate surface area is 68.7 Å².